The monoisotopic (exact) mass is 263 g/mol. The number of rotatable bonds is 4. The molecule has 0 amide bonds. The maximum absolute atomic E-state index is 4.26. The molecule has 18 heavy (non-hydrogen) atoms. The highest BCUT2D eigenvalue weighted by Gasteiger charge is 2.11. The molecule has 1 heterocycles. The molecule has 4 heteroatoms. The number of thiophene rings is 1. The van der Waals surface area contributed by atoms with E-state index in [0.717, 1.165) is 31.8 Å². The molecule has 3 nitrogen and oxygen atoms in total. The molecule has 1 aromatic rings. The Balaban J connectivity index is 1.79. The standard InChI is InChI=1S/C14H21N3S/c1-3-12-8-9-13(18-12)10-16-14(15-2)17-11-6-4-5-7-11/h4-5,8-9,11H,3,6-7,10H2,1-2H3,(H2,15,16,17). The minimum atomic E-state index is 0.505. The van der Waals surface area contributed by atoms with Crippen LogP contribution in [0.5, 0.6) is 0 Å². The zero-order valence-electron chi connectivity index (χ0n) is 11.1. The molecule has 0 fully saturated rings. The molecule has 0 aromatic carbocycles. The summed E-state index contributed by atoms with van der Waals surface area (Å²) in [4.78, 5) is 7.06. The molecular weight excluding hydrogens is 242 g/mol. The second-order valence-electron chi connectivity index (χ2n) is 4.43. The highest BCUT2D eigenvalue weighted by Crippen LogP contribution is 2.16. The molecule has 0 saturated heterocycles. The first kappa shape index (κ1) is 13.1. The largest absolute Gasteiger partial charge is 0.353 e. The second-order valence-corrected chi connectivity index (χ2v) is 5.68. The fourth-order valence-electron chi connectivity index (χ4n) is 2.00. The van der Waals surface area contributed by atoms with Crippen molar-refractivity contribution in [3.05, 3.63) is 34.0 Å². The summed E-state index contributed by atoms with van der Waals surface area (Å²) in [6, 6.07) is 4.91. The summed E-state index contributed by atoms with van der Waals surface area (Å²) in [5, 5.41) is 6.81. The van der Waals surface area contributed by atoms with Gasteiger partial charge in [-0.2, -0.15) is 0 Å². The lowest BCUT2D eigenvalue weighted by atomic mass is 10.2. The van der Waals surface area contributed by atoms with E-state index < -0.39 is 0 Å². The summed E-state index contributed by atoms with van der Waals surface area (Å²) < 4.78 is 0. The lowest BCUT2D eigenvalue weighted by Gasteiger charge is -2.16. The molecule has 0 bridgehead atoms. The molecule has 2 N–H and O–H groups in total. The fourth-order valence-corrected chi connectivity index (χ4v) is 2.90. The summed E-state index contributed by atoms with van der Waals surface area (Å²) >= 11 is 1.87. The van der Waals surface area contributed by atoms with Crippen LogP contribution in [0.15, 0.2) is 29.3 Å². The molecule has 0 aliphatic heterocycles. The molecular formula is C14H21N3S. The molecule has 1 aliphatic carbocycles. The molecule has 98 valence electrons. The summed E-state index contributed by atoms with van der Waals surface area (Å²) in [7, 11) is 1.82. The van der Waals surface area contributed by atoms with Crippen LogP contribution in [0.4, 0.5) is 0 Å². The van der Waals surface area contributed by atoms with Crippen LogP contribution in [0.1, 0.15) is 29.5 Å². The number of aliphatic imine (C=N–C) groups is 1. The van der Waals surface area contributed by atoms with Gasteiger partial charge >= 0.3 is 0 Å². The van der Waals surface area contributed by atoms with Gasteiger partial charge in [-0.05, 0) is 31.4 Å². The van der Waals surface area contributed by atoms with E-state index in [1.165, 1.54) is 9.75 Å². The van der Waals surface area contributed by atoms with Crippen LogP contribution in [-0.4, -0.2) is 19.0 Å². The Labute approximate surface area is 113 Å². The Kier molecular flexibility index (Phi) is 4.81. The van der Waals surface area contributed by atoms with Crippen molar-refractivity contribution in [3.63, 3.8) is 0 Å². The summed E-state index contributed by atoms with van der Waals surface area (Å²) in [5.74, 6) is 0.898. The quantitative estimate of drug-likeness (QED) is 0.498. The van der Waals surface area contributed by atoms with Gasteiger partial charge in [-0.1, -0.05) is 19.1 Å². The number of aryl methyl sites for hydroxylation is 1. The van der Waals surface area contributed by atoms with Crippen molar-refractivity contribution in [2.24, 2.45) is 4.99 Å². The summed E-state index contributed by atoms with van der Waals surface area (Å²) in [6.07, 6.45) is 7.75. The Bertz CT molecular complexity index is 426. The van der Waals surface area contributed by atoms with Crippen LogP contribution in [0.2, 0.25) is 0 Å². The van der Waals surface area contributed by atoms with Gasteiger partial charge in [0.25, 0.3) is 0 Å². The molecule has 0 unspecified atom stereocenters. The van der Waals surface area contributed by atoms with Gasteiger partial charge in [-0.15, -0.1) is 11.3 Å². The van der Waals surface area contributed by atoms with Crippen LogP contribution in [0.25, 0.3) is 0 Å². The van der Waals surface area contributed by atoms with Crippen LogP contribution >= 0.6 is 11.3 Å². The fraction of sp³-hybridized carbons (Fsp3) is 0.500. The Morgan fingerprint density at radius 2 is 2.06 bits per heavy atom. The number of nitrogens with one attached hydrogen (secondary N) is 2. The third-order valence-corrected chi connectivity index (χ3v) is 4.30. The van der Waals surface area contributed by atoms with E-state index in [-0.39, 0.29) is 0 Å². The van der Waals surface area contributed by atoms with Gasteiger partial charge < -0.3 is 10.6 Å². The van der Waals surface area contributed by atoms with E-state index in [4.69, 9.17) is 0 Å². The van der Waals surface area contributed by atoms with Gasteiger partial charge in [0.2, 0.25) is 0 Å². The van der Waals surface area contributed by atoms with E-state index in [1.54, 1.807) is 0 Å². The first-order valence-corrected chi connectivity index (χ1v) is 7.33. The topological polar surface area (TPSA) is 36.4 Å². The Morgan fingerprint density at radius 1 is 1.33 bits per heavy atom. The first-order chi connectivity index (χ1) is 8.81. The molecule has 1 aliphatic rings. The van der Waals surface area contributed by atoms with Gasteiger partial charge in [-0.3, -0.25) is 4.99 Å². The van der Waals surface area contributed by atoms with Crippen LogP contribution in [0.3, 0.4) is 0 Å². The van der Waals surface area contributed by atoms with Crippen molar-refractivity contribution in [3.8, 4) is 0 Å². The number of guanidine groups is 1. The lowest BCUT2D eigenvalue weighted by molar-refractivity contribution is 0.633. The molecule has 0 atom stereocenters. The number of nitrogens with zero attached hydrogens (tertiary/aromatic N) is 1. The Hall–Kier alpha value is -1.29. The number of hydrogen-bond donors (Lipinski definition) is 2. The van der Waals surface area contributed by atoms with Crippen LogP contribution < -0.4 is 10.6 Å². The molecule has 1 aromatic heterocycles. The second kappa shape index (κ2) is 6.59. The van der Waals surface area contributed by atoms with Crippen LogP contribution in [-0.2, 0) is 13.0 Å². The summed E-state index contributed by atoms with van der Waals surface area (Å²) in [5.41, 5.74) is 0. The van der Waals surface area contributed by atoms with Crippen molar-refractivity contribution in [2.45, 2.75) is 38.8 Å². The van der Waals surface area contributed by atoms with E-state index in [0.29, 0.717) is 6.04 Å². The highest BCUT2D eigenvalue weighted by atomic mass is 32.1. The van der Waals surface area contributed by atoms with E-state index >= 15 is 0 Å². The van der Waals surface area contributed by atoms with E-state index in [9.17, 15) is 0 Å². The van der Waals surface area contributed by atoms with Crippen molar-refractivity contribution in [2.75, 3.05) is 7.05 Å². The minimum absolute atomic E-state index is 0.505. The predicted molar refractivity (Wildman–Crippen MR) is 79.2 cm³/mol. The molecule has 0 saturated carbocycles. The average molecular weight is 263 g/mol. The molecule has 2 rings (SSSR count). The smallest absolute Gasteiger partial charge is 0.191 e. The van der Waals surface area contributed by atoms with Gasteiger partial charge in [0.15, 0.2) is 5.96 Å². The minimum Gasteiger partial charge on any atom is -0.353 e. The molecule has 0 spiro atoms. The van der Waals surface area contributed by atoms with Gasteiger partial charge in [0.05, 0.1) is 6.54 Å². The first-order valence-electron chi connectivity index (χ1n) is 6.51. The van der Waals surface area contributed by atoms with E-state index in [1.807, 2.05) is 18.4 Å². The lowest BCUT2D eigenvalue weighted by Crippen LogP contribution is -2.41. The van der Waals surface area contributed by atoms with Crippen molar-refractivity contribution in [1.82, 2.24) is 10.6 Å². The van der Waals surface area contributed by atoms with Crippen molar-refractivity contribution >= 4 is 17.3 Å². The van der Waals surface area contributed by atoms with Gasteiger partial charge in [-0.25, -0.2) is 0 Å². The van der Waals surface area contributed by atoms with E-state index in [2.05, 4.69) is 46.8 Å². The van der Waals surface area contributed by atoms with Gasteiger partial charge in [0, 0.05) is 22.8 Å². The average Bonchev–Trinajstić information content (AvgIpc) is 3.05. The Morgan fingerprint density at radius 3 is 2.67 bits per heavy atom. The zero-order valence-corrected chi connectivity index (χ0v) is 11.9. The highest BCUT2D eigenvalue weighted by molar-refractivity contribution is 7.11. The maximum Gasteiger partial charge on any atom is 0.191 e. The van der Waals surface area contributed by atoms with Crippen LogP contribution in [0, 0.1) is 0 Å². The van der Waals surface area contributed by atoms with Gasteiger partial charge in [0.1, 0.15) is 0 Å². The maximum atomic E-state index is 4.26. The normalized spacial score (nSPS) is 16.2. The SMILES string of the molecule is CCc1ccc(CNC(=NC)NC2CC=CC2)s1. The van der Waals surface area contributed by atoms with Crippen molar-refractivity contribution in [1.29, 1.82) is 0 Å². The zero-order chi connectivity index (χ0) is 12.8. The third kappa shape index (κ3) is 3.60. The number of hydrogen-bond acceptors (Lipinski definition) is 2. The summed E-state index contributed by atoms with van der Waals surface area (Å²) in [6.45, 7) is 3.04. The predicted octanol–water partition coefficient (Wildman–Crippen LogP) is 2.69. The molecule has 0 radical (unpaired) electrons. The van der Waals surface area contributed by atoms with Crippen molar-refractivity contribution < 1.29 is 0 Å². The third-order valence-electron chi connectivity index (χ3n) is 3.07.